The van der Waals surface area contributed by atoms with Gasteiger partial charge in [-0.2, -0.15) is 5.26 Å². The Morgan fingerprint density at radius 3 is 2.34 bits per heavy atom. The van der Waals surface area contributed by atoms with Crippen LogP contribution in [0.15, 0.2) is 59.4 Å². The maximum atomic E-state index is 12.9. The van der Waals surface area contributed by atoms with Crippen LogP contribution >= 0.6 is 0 Å². The highest BCUT2D eigenvalue weighted by atomic mass is 19.1. The lowest BCUT2D eigenvalue weighted by atomic mass is 10.1. The Balaban J connectivity index is 1.61. The highest BCUT2D eigenvalue weighted by molar-refractivity contribution is 5.95. The second-order valence-electron chi connectivity index (χ2n) is 7.28. The minimum Gasteiger partial charge on any atom is -0.348 e. The summed E-state index contributed by atoms with van der Waals surface area (Å²) in [4.78, 5) is 37.1. The summed E-state index contributed by atoms with van der Waals surface area (Å²) in [7, 11) is 0. The number of hydrogen-bond donors (Lipinski definition) is 2. The summed E-state index contributed by atoms with van der Waals surface area (Å²) in [5, 5.41) is 14.6. The molecule has 0 atom stereocenters. The molecule has 0 bridgehead atoms. The highest BCUT2D eigenvalue weighted by Crippen LogP contribution is 2.11. The van der Waals surface area contributed by atoms with E-state index in [0.717, 1.165) is 5.56 Å². The summed E-state index contributed by atoms with van der Waals surface area (Å²) in [6.45, 7) is 3.39. The standard InChI is InChI=1S/C24H21FN4O3/c1-15-11-16(2)29(24(32)21(15)12-26)14-22(30)28-20-9-5-18(6-10-20)23(31)27-13-17-3-7-19(25)8-4-17/h3-11H,13-14H2,1-2H3,(H,27,31)(H,28,30). The van der Waals surface area contributed by atoms with Crippen LogP contribution in [0.1, 0.15) is 32.7 Å². The molecule has 3 rings (SSSR count). The molecule has 0 aliphatic carbocycles. The van der Waals surface area contributed by atoms with Gasteiger partial charge >= 0.3 is 0 Å². The molecule has 3 aromatic rings. The van der Waals surface area contributed by atoms with Crippen molar-refractivity contribution < 1.29 is 14.0 Å². The van der Waals surface area contributed by atoms with E-state index in [9.17, 15) is 18.8 Å². The van der Waals surface area contributed by atoms with Crippen LogP contribution in [-0.4, -0.2) is 16.4 Å². The first-order valence-corrected chi connectivity index (χ1v) is 9.82. The van der Waals surface area contributed by atoms with Gasteiger partial charge in [0.15, 0.2) is 0 Å². The number of aromatic nitrogens is 1. The molecule has 0 fully saturated rings. The van der Waals surface area contributed by atoms with Crippen molar-refractivity contribution >= 4 is 17.5 Å². The normalized spacial score (nSPS) is 10.3. The Labute approximate surface area is 184 Å². The third-order valence-corrected chi connectivity index (χ3v) is 4.92. The van der Waals surface area contributed by atoms with E-state index in [1.165, 1.54) is 16.7 Å². The first-order chi connectivity index (χ1) is 15.3. The molecule has 0 radical (unpaired) electrons. The van der Waals surface area contributed by atoms with Crippen LogP contribution in [0.4, 0.5) is 10.1 Å². The molecule has 1 heterocycles. The van der Waals surface area contributed by atoms with Gasteiger partial charge in [0.25, 0.3) is 11.5 Å². The number of aryl methyl sites for hydroxylation is 2. The molecule has 32 heavy (non-hydrogen) atoms. The van der Waals surface area contributed by atoms with Crippen molar-refractivity contribution in [2.45, 2.75) is 26.9 Å². The summed E-state index contributed by atoms with van der Waals surface area (Å²) in [6, 6.07) is 15.7. The number of benzene rings is 2. The molecule has 0 saturated heterocycles. The van der Waals surface area contributed by atoms with E-state index in [4.69, 9.17) is 5.26 Å². The van der Waals surface area contributed by atoms with Crippen LogP contribution < -0.4 is 16.2 Å². The van der Waals surface area contributed by atoms with Crippen molar-refractivity contribution in [3.8, 4) is 6.07 Å². The molecule has 0 aliphatic rings. The van der Waals surface area contributed by atoms with Gasteiger partial charge in [0, 0.05) is 23.5 Å². The lowest BCUT2D eigenvalue weighted by Gasteiger charge is -2.12. The molecule has 0 unspecified atom stereocenters. The molecule has 2 N–H and O–H groups in total. The number of anilines is 1. The van der Waals surface area contributed by atoms with Crippen molar-refractivity contribution in [2.75, 3.05) is 5.32 Å². The van der Waals surface area contributed by atoms with E-state index in [0.29, 0.717) is 22.5 Å². The van der Waals surface area contributed by atoms with Crippen molar-refractivity contribution in [2.24, 2.45) is 0 Å². The topological polar surface area (TPSA) is 104 Å². The zero-order valence-electron chi connectivity index (χ0n) is 17.6. The molecule has 0 saturated carbocycles. The van der Waals surface area contributed by atoms with Crippen molar-refractivity contribution in [3.63, 3.8) is 0 Å². The van der Waals surface area contributed by atoms with Gasteiger partial charge in [-0.1, -0.05) is 12.1 Å². The van der Waals surface area contributed by atoms with Crippen molar-refractivity contribution in [1.29, 1.82) is 5.26 Å². The molecule has 7 nitrogen and oxygen atoms in total. The van der Waals surface area contributed by atoms with Gasteiger partial charge in [0.05, 0.1) is 0 Å². The monoisotopic (exact) mass is 432 g/mol. The molecule has 0 aliphatic heterocycles. The molecule has 2 amide bonds. The molecular formula is C24H21FN4O3. The Morgan fingerprint density at radius 2 is 1.72 bits per heavy atom. The van der Waals surface area contributed by atoms with E-state index in [1.54, 1.807) is 56.3 Å². The maximum Gasteiger partial charge on any atom is 0.269 e. The van der Waals surface area contributed by atoms with Gasteiger partial charge in [-0.05, 0) is 67.4 Å². The SMILES string of the molecule is Cc1cc(C)n(CC(=O)Nc2ccc(C(=O)NCc3ccc(F)cc3)cc2)c(=O)c1C#N. The summed E-state index contributed by atoms with van der Waals surface area (Å²) in [6.07, 6.45) is 0. The average molecular weight is 432 g/mol. The zero-order chi connectivity index (χ0) is 23.3. The molecule has 1 aromatic heterocycles. The molecule has 0 spiro atoms. The number of halogens is 1. The van der Waals surface area contributed by atoms with Gasteiger partial charge in [-0.15, -0.1) is 0 Å². The second-order valence-corrected chi connectivity index (χ2v) is 7.28. The number of pyridine rings is 1. The van der Waals surface area contributed by atoms with Gasteiger partial charge in [0.2, 0.25) is 5.91 Å². The van der Waals surface area contributed by atoms with Gasteiger partial charge in [-0.25, -0.2) is 4.39 Å². The smallest absolute Gasteiger partial charge is 0.269 e. The fourth-order valence-electron chi connectivity index (χ4n) is 3.20. The summed E-state index contributed by atoms with van der Waals surface area (Å²) in [5.41, 5.74) is 2.28. The number of nitriles is 1. The predicted molar refractivity (Wildman–Crippen MR) is 118 cm³/mol. The third-order valence-electron chi connectivity index (χ3n) is 4.92. The summed E-state index contributed by atoms with van der Waals surface area (Å²) >= 11 is 0. The maximum absolute atomic E-state index is 12.9. The van der Waals surface area contributed by atoms with Gasteiger partial charge < -0.3 is 15.2 Å². The second kappa shape index (κ2) is 9.71. The molecule has 2 aromatic carbocycles. The van der Waals surface area contributed by atoms with Crippen LogP contribution in [0.5, 0.6) is 0 Å². The predicted octanol–water partition coefficient (Wildman–Crippen LogP) is 3.04. The lowest BCUT2D eigenvalue weighted by molar-refractivity contribution is -0.116. The highest BCUT2D eigenvalue weighted by Gasteiger charge is 2.13. The quantitative estimate of drug-likeness (QED) is 0.625. The van der Waals surface area contributed by atoms with Crippen molar-refractivity contribution in [3.05, 3.63) is 98.7 Å². The van der Waals surface area contributed by atoms with Crippen molar-refractivity contribution in [1.82, 2.24) is 9.88 Å². The summed E-state index contributed by atoms with van der Waals surface area (Å²) < 4.78 is 14.2. The lowest BCUT2D eigenvalue weighted by Crippen LogP contribution is -2.31. The number of nitrogens with one attached hydrogen (secondary N) is 2. The molecule has 162 valence electrons. The number of carbonyl (C=O) groups excluding carboxylic acids is 2. The number of nitrogens with zero attached hydrogens (tertiary/aromatic N) is 2. The Kier molecular flexibility index (Phi) is 6.80. The van der Waals surface area contributed by atoms with Crippen LogP contribution in [0.25, 0.3) is 0 Å². The third kappa shape index (κ3) is 5.26. The van der Waals surface area contributed by atoms with E-state index >= 15 is 0 Å². The minimum atomic E-state index is -0.506. The number of rotatable bonds is 6. The molecule has 8 heteroatoms. The Bertz CT molecular complexity index is 1260. The number of carbonyl (C=O) groups is 2. The van der Waals surface area contributed by atoms with Crippen LogP contribution in [0, 0.1) is 31.0 Å². The number of amides is 2. The van der Waals surface area contributed by atoms with Gasteiger partial charge in [0.1, 0.15) is 24.0 Å². The average Bonchev–Trinajstić information content (AvgIpc) is 2.77. The largest absolute Gasteiger partial charge is 0.348 e. The fraction of sp³-hybridized carbons (Fsp3) is 0.167. The fourth-order valence-corrected chi connectivity index (χ4v) is 3.20. The first kappa shape index (κ1) is 22.4. The van der Waals surface area contributed by atoms with E-state index in [-0.39, 0.29) is 30.4 Å². The molecular weight excluding hydrogens is 411 g/mol. The zero-order valence-corrected chi connectivity index (χ0v) is 17.6. The number of hydrogen-bond acceptors (Lipinski definition) is 4. The van der Waals surface area contributed by atoms with Crippen LogP contribution in [-0.2, 0) is 17.9 Å². The Hall–Kier alpha value is -4.25. The van der Waals surface area contributed by atoms with E-state index in [1.807, 2.05) is 6.07 Å². The Morgan fingerprint density at radius 1 is 1.06 bits per heavy atom. The van der Waals surface area contributed by atoms with Crippen LogP contribution in [0.3, 0.4) is 0 Å². The van der Waals surface area contributed by atoms with E-state index < -0.39 is 11.5 Å². The van der Waals surface area contributed by atoms with Gasteiger partial charge in [-0.3, -0.25) is 14.4 Å². The van der Waals surface area contributed by atoms with E-state index in [2.05, 4.69) is 10.6 Å². The van der Waals surface area contributed by atoms with Crippen LogP contribution in [0.2, 0.25) is 0 Å². The first-order valence-electron chi connectivity index (χ1n) is 9.82. The minimum absolute atomic E-state index is 0.0133. The summed E-state index contributed by atoms with van der Waals surface area (Å²) in [5.74, 6) is -1.08.